The van der Waals surface area contributed by atoms with E-state index in [9.17, 15) is 9.59 Å². The van der Waals surface area contributed by atoms with Gasteiger partial charge in [0.25, 0.3) is 0 Å². The van der Waals surface area contributed by atoms with Crippen molar-refractivity contribution in [1.82, 2.24) is 0 Å². The molecule has 1 aromatic rings. The first-order chi connectivity index (χ1) is 7.71. The van der Waals surface area contributed by atoms with Gasteiger partial charge in [-0.25, -0.2) is 4.79 Å². The van der Waals surface area contributed by atoms with Gasteiger partial charge >= 0.3 is 5.97 Å². The molecule has 1 amide bonds. The van der Waals surface area contributed by atoms with E-state index in [2.05, 4.69) is 5.32 Å². The van der Waals surface area contributed by atoms with Gasteiger partial charge in [-0.1, -0.05) is 26.8 Å². The maximum Gasteiger partial charge on any atom is 0.337 e. The molecule has 0 radical (unpaired) electrons. The van der Waals surface area contributed by atoms with Gasteiger partial charge < -0.3 is 10.4 Å². The third kappa shape index (κ3) is 3.31. The normalized spacial score (nSPS) is 11.1. The molecule has 0 aliphatic rings. The van der Waals surface area contributed by atoms with Crippen LogP contribution in [-0.2, 0) is 10.2 Å². The number of benzene rings is 1. The highest BCUT2D eigenvalue weighted by atomic mass is 16.4. The minimum atomic E-state index is -1.05. The lowest BCUT2D eigenvalue weighted by molar-refractivity contribution is -0.114. The summed E-state index contributed by atoms with van der Waals surface area (Å²) in [6.07, 6.45) is 0. The van der Waals surface area contributed by atoms with Gasteiger partial charge in [-0.3, -0.25) is 4.79 Å². The van der Waals surface area contributed by atoms with E-state index in [0.717, 1.165) is 5.56 Å². The van der Waals surface area contributed by atoms with Gasteiger partial charge in [0.05, 0.1) is 11.3 Å². The first-order valence-corrected chi connectivity index (χ1v) is 5.37. The van der Waals surface area contributed by atoms with Crippen molar-refractivity contribution in [3.63, 3.8) is 0 Å². The highest BCUT2D eigenvalue weighted by Gasteiger charge is 2.18. The Hall–Kier alpha value is -1.84. The van der Waals surface area contributed by atoms with Gasteiger partial charge in [-0.2, -0.15) is 0 Å². The summed E-state index contributed by atoms with van der Waals surface area (Å²) in [6.45, 7) is 7.44. The number of carbonyl (C=O) groups excluding carboxylic acids is 1. The summed E-state index contributed by atoms with van der Waals surface area (Å²) in [6, 6.07) is 5.01. The molecule has 4 heteroatoms. The van der Waals surface area contributed by atoms with Crippen LogP contribution in [0.5, 0.6) is 0 Å². The Balaban J connectivity index is 3.29. The average molecular weight is 235 g/mol. The van der Waals surface area contributed by atoms with Crippen LogP contribution in [0.25, 0.3) is 0 Å². The van der Waals surface area contributed by atoms with E-state index in [1.54, 1.807) is 12.1 Å². The third-order valence-corrected chi connectivity index (χ3v) is 2.43. The van der Waals surface area contributed by atoms with Gasteiger partial charge in [-0.05, 0) is 23.1 Å². The monoisotopic (exact) mass is 235 g/mol. The number of carbonyl (C=O) groups is 2. The molecule has 0 unspecified atom stereocenters. The van der Waals surface area contributed by atoms with Crippen LogP contribution in [-0.4, -0.2) is 17.0 Å². The Bertz CT molecular complexity index is 458. The van der Waals surface area contributed by atoms with Crippen LogP contribution in [0.4, 0.5) is 5.69 Å². The molecule has 0 aromatic heterocycles. The topological polar surface area (TPSA) is 66.4 Å². The molecule has 1 rings (SSSR count). The molecule has 0 aliphatic carbocycles. The minimum Gasteiger partial charge on any atom is -0.478 e. The molecular formula is C13H17NO3. The number of nitrogens with one attached hydrogen (secondary N) is 1. The van der Waals surface area contributed by atoms with Crippen molar-refractivity contribution in [3.8, 4) is 0 Å². The number of aromatic carboxylic acids is 1. The van der Waals surface area contributed by atoms with Crippen LogP contribution in [0.3, 0.4) is 0 Å². The molecule has 0 fully saturated rings. The summed E-state index contributed by atoms with van der Waals surface area (Å²) in [4.78, 5) is 22.1. The number of carboxylic acid groups (broad SMARTS) is 1. The van der Waals surface area contributed by atoms with Crippen molar-refractivity contribution in [2.75, 3.05) is 5.32 Å². The summed E-state index contributed by atoms with van der Waals surface area (Å²) in [5.41, 5.74) is 1.33. The van der Waals surface area contributed by atoms with Crippen LogP contribution < -0.4 is 5.32 Å². The van der Waals surface area contributed by atoms with Gasteiger partial charge in [-0.15, -0.1) is 0 Å². The first-order valence-electron chi connectivity index (χ1n) is 5.37. The quantitative estimate of drug-likeness (QED) is 0.828. The van der Waals surface area contributed by atoms with Crippen molar-refractivity contribution >= 4 is 17.6 Å². The molecule has 0 bridgehead atoms. The SMILES string of the molecule is CC(=O)Nc1cc(C(C)(C)C)ccc1C(=O)O. The molecule has 0 aliphatic heterocycles. The Labute approximate surface area is 101 Å². The second-order valence-corrected chi connectivity index (χ2v) is 5.00. The standard InChI is InChI=1S/C13H17NO3/c1-8(15)14-11-7-9(13(2,3)4)5-6-10(11)12(16)17/h5-7H,1-4H3,(H,14,15)(H,16,17). The maximum atomic E-state index is 11.0. The number of rotatable bonds is 2. The summed E-state index contributed by atoms with van der Waals surface area (Å²) < 4.78 is 0. The number of hydrogen-bond acceptors (Lipinski definition) is 2. The number of anilines is 1. The highest BCUT2D eigenvalue weighted by molar-refractivity contribution is 6.00. The smallest absolute Gasteiger partial charge is 0.337 e. The summed E-state index contributed by atoms with van der Waals surface area (Å²) in [5, 5.41) is 11.6. The third-order valence-electron chi connectivity index (χ3n) is 2.43. The Morgan fingerprint density at radius 3 is 2.24 bits per heavy atom. The van der Waals surface area contributed by atoms with Crippen molar-refractivity contribution in [2.24, 2.45) is 0 Å². The van der Waals surface area contributed by atoms with Crippen LogP contribution in [0, 0.1) is 0 Å². The fraction of sp³-hybridized carbons (Fsp3) is 0.385. The number of hydrogen-bond donors (Lipinski definition) is 2. The Morgan fingerprint density at radius 2 is 1.82 bits per heavy atom. The molecule has 2 N–H and O–H groups in total. The predicted molar refractivity (Wildman–Crippen MR) is 66.4 cm³/mol. The zero-order chi connectivity index (χ0) is 13.2. The van der Waals surface area contributed by atoms with E-state index in [4.69, 9.17) is 5.11 Å². The fourth-order valence-electron chi connectivity index (χ4n) is 1.49. The molecule has 0 atom stereocenters. The second-order valence-electron chi connectivity index (χ2n) is 5.00. The largest absolute Gasteiger partial charge is 0.478 e. The highest BCUT2D eigenvalue weighted by Crippen LogP contribution is 2.27. The van der Waals surface area contributed by atoms with E-state index >= 15 is 0 Å². The zero-order valence-electron chi connectivity index (χ0n) is 10.5. The molecule has 4 nitrogen and oxygen atoms in total. The molecule has 0 heterocycles. The van der Waals surface area contributed by atoms with E-state index < -0.39 is 5.97 Å². The van der Waals surface area contributed by atoms with Gasteiger partial charge in [0.1, 0.15) is 0 Å². The van der Waals surface area contributed by atoms with Crippen molar-refractivity contribution < 1.29 is 14.7 Å². The van der Waals surface area contributed by atoms with E-state index in [-0.39, 0.29) is 16.9 Å². The summed E-state index contributed by atoms with van der Waals surface area (Å²) in [7, 11) is 0. The van der Waals surface area contributed by atoms with Crippen molar-refractivity contribution in [1.29, 1.82) is 0 Å². The van der Waals surface area contributed by atoms with E-state index in [0.29, 0.717) is 5.69 Å². The molecule has 0 saturated carbocycles. The number of carboxylic acids is 1. The molecule has 92 valence electrons. The lowest BCUT2D eigenvalue weighted by Gasteiger charge is -2.20. The summed E-state index contributed by atoms with van der Waals surface area (Å²) in [5.74, 6) is -1.33. The van der Waals surface area contributed by atoms with E-state index in [1.165, 1.54) is 13.0 Å². The maximum absolute atomic E-state index is 11.0. The minimum absolute atomic E-state index is 0.0930. The van der Waals surface area contributed by atoms with Crippen LogP contribution in [0.15, 0.2) is 18.2 Å². The van der Waals surface area contributed by atoms with Crippen LogP contribution in [0.1, 0.15) is 43.6 Å². The molecule has 0 spiro atoms. The van der Waals surface area contributed by atoms with Crippen LogP contribution in [0.2, 0.25) is 0 Å². The van der Waals surface area contributed by atoms with E-state index in [1.807, 2.05) is 20.8 Å². The lowest BCUT2D eigenvalue weighted by Crippen LogP contribution is -2.15. The second kappa shape index (κ2) is 4.57. The predicted octanol–water partition coefficient (Wildman–Crippen LogP) is 2.64. The zero-order valence-corrected chi connectivity index (χ0v) is 10.5. The lowest BCUT2D eigenvalue weighted by atomic mass is 9.86. The van der Waals surface area contributed by atoms with Crippen molar-refractivity contribution in [2.45, 2.75) is 33.1 Å². The first kappa shape index (κ1) is 13.2. The molecule has 17 heavy (non-hydrogen) atoms. The van der Waals surface area contributed by atoms with Gasteiger partial charge in [0, 0.05) is 6.92 Å². The van der Waals surface area contributed by atoms with Gasteiger partial charge in [0.2, 0.25) is 5.91 Å². The molecule has 0 saturated heterocycles. The Kier molecular flexibility index (Phi) is 3.56. The number of amides is 1. The fourth-order valence-corrected chi connectivity index (χ4v) is 1.49. The molecule has 1 aromatic carbocycles. The molecular weight excluding hydrogens is 218 g/mol. The average Bonchev–Trinajstić information content (AvgIpc) is 2.14. The van der Waals surface area contributed by atoms with Crippen LogP contribution >= 0.6 is 0 Å². The van der Waals surface area contributed by atoms with Crippen molar-refractivity contribution in [3.05, 3.63) is 29.3 Å². The summed E-state index contributed by atoms with van der Waals surface area (Å²) >= 11 is 0. The van der Waals surface area contributed by atoms with Gasteiger partial charge in [0.15, 0.2) is 0 Å². The Morgan fingerprint density at radius 1 is 1.24 bits per heavy atom.